The predicted octanol–water partition coefficient (Wildman–Crippen LogP) is 4.42. The van der Waals surface area contributed by atoms with Crippen molar-refractivity contribution in [2.75, 3.05) is 31.1 Å². The summed E-state index contributed by atoms with van der Waals surface area (Å²) in [6.45, 7) is 6.51. The van der Waals surface area contributed by atoms with Crippen LogP contribution in [0.25, 0.3) is 0 Å². The topological polar surface area (TPSA) is 32.8 Å². The van der Waals surface area contributed by atoms with Gasteiger partial charge in [-0.2, -0.15) is 0 Å². The summed E-state index contributed by atoms with van der Waals surface area (Å²) in [6.07, 6.45) is -0.540. The van der Waals surface area contributed by atoms with Gasteiger partial charge < -0.3 is 14.5 Å². The Hall–Kier alpha value is -1.91. The molecule has 4 nitrogen and oxygen atoms in total. The number of benzene rings is 2. The van der Waals surface area contributed by atoms with Gasteiger partial charge in [-0.1, -0.05) is 35.3 Å². The number of hydrogen-bond donors (Lipinski definition) is 0. The zero-order chi connectivity index (χ0) is 18.7. The molecule has 0 aromatic heterocycles. The molecule has 0 N–H and O–H groups in total. The molecular weight excluding hydrogens is 371 g/mol. The van der Waals surface area contributed by atoms with E-state index in [1.807, 2.05) is 42.2 Å². The number of anilines is 1. The normalized spacial score (nSPS) is 15.7. The van der Waals surface area contributed by atoms with E-state index in [1.165, 1.54) is 0 Å². The van der Waals surface area contributed by atoms with Crippen molar-refractivity contribution in [1.82, 2.24) is 4.90 Å². The van der Waals surface area contributed by atoms with Crippen molar-refractivity contribution in [3.05, 3.63) is 58.1 Å². The number of amides is 1. The molecule has 1 aliphatic rings. The second-order valence-electron chi connectivity index (χ2n) is 6.43. The molecule has 2 aromatic rings. The van der Waals surface area contributed by atoms with Crippen LogP contribution in [-0.4, -0.2) is 43.1 Å². The van der Waals surface area contributed by atoms with E-state index in [0.29, 0.717) is 23.9 Å². The summed E-state index contributed by atoms with van der Waals surface area (Å²) in [5.74, 6) is 0.683. The molecule has 1 heterocycles. The zero-order valence-electron chi connectivity index (χ0n) is 14.9. The lowest BCUT2D eigenvalue weighted by atomic mass is 10.2. The van der Waals surface area contributed by atoms with Crippen molar-refractivity contribution < 1.29 is 9.53 Å². The van der Waals surface area contributed by atoms with Crippen LogP contribution in [0.2, 0.25) is 10.0 Å². The third-order valence-electron chi connectivity index (χ3n) is 4.57. The van der Waals surface area contributed by atoms with Crippen LogP contribution in [0, 0.1) is 6.92 Å². The number of rotatable bonds is 4. The largest absolute Gasteiger partial charge is 0.481 e. The molecule has 1 amide bonds. The van der Waals surface area contributed by atoms with Gasteiger partial charge >= 0.3 is 0 Å². The lowest BCUT2D eigenvalue weighted by Gasteiger charge is -2.37. The van der Waals surface area contributed by atoms with Gasteiger partial charge in [-0.3, -0.25) is 4.79 Å². The van der Waals surface area contributed by atoms with Gasteiger partial charge in [-0.05, 0) is 49.7 Å². The van der Waals surface area contributed by atoms with Gasteiger partial charge in [0.05, 0.1) is 10.7 Å². The Kier molecular flexibility index (Phi) is 5.94. The monoisotopic (exact) mass is 392 g/mol. The Bertz CT molecular complexity index is 789. The summed E-state index contributed by atoms with van der Waals surface area (Å²) in [7, 11) is 0. The Morgan fingerprint density at radius 1 is 1.08 bits per heavy atom. The molecule has 1 aliphatic heterocycles. The van der Waals surface area contributed by atoms with Crippen LogP contribution in [0.1, 0.15) is 12.5 Å². The molecule has 138 valence electrons. The van der Waals surface area contributed by atoms with Crippen LogP contribution < -0.4 is 9.64 Å². The number of ether oxygens (including phenoxy) is 1. The first-order valence-corrected chi connectivity index (χ1v) is 9.42. The number of para-hydroxylation sites is 1. The molecule has 1 unspecified atom stereocenters. The maximum absolute atomic E-state index is 12.7. The summed E-state index contributed by atoms with van der Waals surface area (Å²) < 4.78 is 5.86. The molecule has 0 spiro atoms. The van der Waals surface area contributed by atoms with Gasteiger partial charge in [-0.25, -0.2) is 0 Å². The predicted molar refractivity (Wildman–Crippen MR) is 107 cm³/mol. The number of carbonyl (C=O) groups is 1. The first-order chi connectivity index (χ1) is 12.5. The van der Waals surface area contributed by atoms with Crippen LogP contribution in [0.5, 0.6) is 5.75 Å². The van der Waals surface area contributed by atoms with Crippen molar-refractivity contribution in [1.29, 1.82) is 0 Å². The highest BCUT2D eigenvalue weighted by molar-refractivity contribution is 6.33. The Morgan fingerprint density at radius 3 is 2.42 bits per heavy atom. The summed E-state index contributed by atoms with van der Waals surface area (Å²) in [4.78, 5) is 16.8. The molecule has 1 saturated heterocycles. The molecule has 0 saturated carbocycles. The van der Waals surface area contributed by atoms with Gasteiger partial charge in [0.2, 0.25) is 0 Å². The molecule has 2 aromatic carbocycles. The number of carbonyl (C=O) groups excluding carboxylic acids is 1. The number of nitrogens with zero attached hydrogens (tertiary/aromatic N) is 2. The molecule has 0 radical (unpaired) electrons. The average Bonchev–Trinajstić information content (AvgIpc) is 2.64. The van der Waals surface area contributed by atoms with E-state index in [-0.39, 0.29) is 5.91 Å². The van der Waals surface area contributed by atoms with Crippen molar-refractivity contribution in [2.24, 2.45) is 0 Å². The molecule has 6 heteroatoms. The second kappa shape index (κ2) is 8.19. The Labute approximate surface area is 164 Å². The van der Waals surface area contributed by atoms with Crippen LogP contribution in [0.4, 0.5) is 5.69 Å². The molecule has 1 atom stereocenters. The highest BCUT2D eigenvalue weighted by Gasteiger charge is 2.27. The third-order valence-corrected chi connectivity index (χ3v) is 5.13. The zero-order valence-corrected chi connectivity index (χ0v) is 16.4. The van der Waals surface area contributed by atoms with Crippen molar-refractivity contribution in [3.63, 3.8) is 0 Å². The summed E-state index contributed by atoms with van der Waals surface area (Å²) in [5.41, 5.74) is 1.93. The molecule has 1 fully saturated rings. The highest BCUT2D eigenvalue weighted by Crippen LogP contribution is 2.27. The maximum atomic E-state index is 12.7. The number of piperazine rings is 1. The first kappa shape index (κ1) is 18.9. The molecule has 0 aliphatic carbocycles. The van der Waals surface area contributed by atoms with E-state index in [1.54, 1.807) is 19.1 Å². The quantitative estimate of drug-likeness (QED) is 0.771. The van der Waals surface area contributed by atoms with E-state index >= 15 is 0 Å². The number of aryl methyl sites for hydroxylation is 1. The van der Waals surface area contributed by atoms with Gasteiger partial charge in [0, 0.05) is 31.2 Å². The van der Waals surface area contributed by atoms with Crippen LogP contribution in [-0.2, 0) is 4.79 Å². The van der Waals surface area contributed by atoms with Crippen molar-refractivity contribution in [2.45, 2.75) is 20.0 Å². The maximum Gasteiger partial charge on any atom is 0.263 e. The standard InChI is InChI=1S/C20H22Cl2N2O2/c1-14-13-16(21)7-8-19(14)26-15(2)20(25)24-11-9-23(10-12-24)18-6-4-3-5-17(18)22/h3-8,13,15H,9-12H2,1-2H3. The van der Waals surface area contributed by atoms with Crippen LogP contribution >= 0.6 is 23.2 Å². The Morgan fingerprint density at radius 2 is 1.77 bits per heavy atom. The van der Waals surface area contributed by atoms with Crippen LogP contribution in [0.15, 0.2) is 42.5 Å². The van der Waals surface area contributed by atoms with E-state index < -0.39 is 6.10 Å². The van der Waals surface area contributed by atoms with E-state index in [0.717, 1.165) is 29.4 Å². The van der Waals surface area contributed by atoms with Gasteiger partial charge in [0.15, 0.2) is 6.10 Å². The second-order valence-corrected chi connectivity index (χ2v) is 7.28. The Balaban J connectivity index is 1.58. The average molecular weight is 393 g/mol. The minimum atomic E-state index is -0.540. The fourth-order valence-electron chi connectivity index (χ4n) is 3.12. The summed E-state index contributed by atoms with van der Waals surface area (Å²) in [5, 5.41) is 1.40. The number of halogens is 2. The number of hydrogen-bond acceptors (Lipinski definition) is 3. The minimum Gasteiger partial charge on any atom is -0.481 e. The highest BCUT2D eigenvalue weighted by atomic mass is 35.5. The van der Waals surface area contributed by atoms with Gasteiger partial charge in [0.25, 0.3) is 5.91 Å². The fraction of sp³-hybridized carbons (Fsp3) is 0.350. The lowest BCUT2D eigenvalue weighted by Crippen LogP contribution is -2.52. The van der Waals surface area contributed by atoms with Crippen molar-refractivity contribution in [3.8, 4) is 5.75 Å². The van der Waals surface area contributed by atoms with E-state index in [4.69, 9.17) is 27.9 Å². The smallest absolute Gasteiger partial charge is 0.263 e. The van der Waals surface area contributed by atoms with E-state index in [2.05, 4.69) is 4.90 Å². The SMILES string of the molecule is Cc1cc(Cl)ccc1OC(C)C(=O)N1CCN(c2ccccc2Cl)CC1. The van der Waals surface area contributed by atoms with Crippen molar-refractivity contribution >= 4 is 34.8 Å². The fourth-order valence-corrected chi connectivity index (χ4v) is 3.60. The minimum absolute atomic E-state index is 0.00170. The summed E-state index contributed by atoms with van der Waals surface area (Å²) in [6, 6.07) is 13.2. The van der Waals surface area contributed by atoms with E-state index in [9.17, 15) is 4.79 Å². The summed E-state index contributed by atoms with van der Waals surface area (Å²) >= 11 is 12.2. The van der Waals surface area contributed by atoms with Crippen LogP contribution in [0.3, 0.4) is 0 Å². The van der Waals surface area contributed by atoms with Gasteiger partial charge in [-0.15, -0.1) is 0 Å². The third kappa shape index (κ3) is 4.25. The van der Waals surface area contributed by atoms with Gasteiger partial charge in [0.1, 0.15) is 5.75 Å². The molecule has 26 heavy (non-hydrogen) atoms. The first-order valence-electron chi connectivity index (χ1n) is 8.67. The molecule has 3 rings (SSSR count). The lowest BCUT2D eigenvalue weighted by molar-refractivity contribution is -0.138. The molecule has 0 bridgehead atoms. The molecular formula is C20H22Cl2N2O2.